The lowest BCUT2D eigenvalue weighted by molar-refractivity contribution is 0.119. The molecule has 1 heteroatoms. The number of hydrogen-bond donors (Lipinski definition) is 0. The van der Waals surface area contributed by atoms with Crippen molar-refractivity contribution >= 4 is 0 Å². The maximum atomic E-state index is 2.68. The Hall–Kier alpha value is -0.820. The number of hydrogen-bond acceptors (Lipinski definition) is 1. The van der Waals surface area contributed by atoms with Crippen LogP contribution >= 0.6 is 0 Å². The van der Waals surface area contributed by atoms with Gasteiger partial charge in [0.2, 0.25) is 0 Å². The van der Waals surface area contributed by atoms with E-state index in [-0.39, 0.29) is 0 Å². The van der Waals surface area contributed by atoms with Gasteiger partial charge in [-0.05, 0) is 36.8 Å². The molecule has 20 heavy (non-hydrogen) atoms. The number of piperidine rings is 1. The monoisotopic (exact) mass is 273 g/mol. The van der Waals surface area contributed by atoms with Gasteiger partial charge in [-0.15, -0.1) is 0 Å². The average Bonchev–Trinajstić information content (AvgIpc) is 2.48. The SMILES string of the molecule is CCCC(CCC)C1CCCN(Cc2ccccc2)C1. The van der Waals surface area contributed by atoms with Crippen LogP contribution in [0.25, 0.3) is 0 Å². The third-order valence-electron chi connectivity index (χ3n) is 4.78. The van der Waals surface area contributed by atoms with Crippen molar-refractivity contribution in [3.63, 3.8) is 0 Å². The molecular weight excluding hydrogens is 242 g/mol. The lowest BCUT2D eigenvalue weighted by atomic mass is 9.80. The molecule has 0 saturated carbocycles. The molecule has 0 aromatic heterocycles. The summed E-state index contributed by atoms with van der Waals surface area (Å²) >= 11 is 0. The van der Waals surface area contributed by atoms with Crippen molar-refractivity contribution in [3.05, 3.63) is 35.9 Å². The fraction of sp³-hybridized carbons (Fsp3) is 0.684. The zero-order valence-electron chi connectivity index (χ0n) is 13.4. The fourth-order valence-electron chi connectivity index (χ4n) is 3.82. The van der Waals surface area contributed by atoms with Gasteiger partial charge >= 0.3 is 0 Å². The molecule has 2 rings (SSSR count). The van der Waals surface area contributed by atoms with E-state index < -0.39 is 0 Å². The number of nitrogens with zero attached hydrogens (tertiary/aromatic N) is 1. The van der Waals surface area contributed by atoms with Crippen LogP contribution < -0.4 is 0 Å². The molecule has 1 aliphatic rings. The van der Waals surface area contributed by atoms with Crippen LogP contribution in [0.2, 0.25) is 0 Å². The van der Waals surface area contributed by atoms with Gasteiger partial charge in [-0.3, -0.25) is 4.90 Å². The Morgan fingerprint density at radius 3 is 2.45 bits per heavy atom. The van der Waals surface area contributed by atoms with E-state index in [9.17, 15) is 0 Å². The lowest BCUT2D eigenvalue weighted by Crippen LogP contribution is -2.38. The first-order valence-electron chi connectivity index (χ1n) is 8.59. The highest BCUT2D eigenvalue weighted by Crippen LogP contribution is 2.31. The second-order valence-corrected chi connectivity index (χ2v) is 6.46. The molecule has 1 fully saturated rings. The highest BCUT2D eigenvalue weighted by atomic mass is 15.1. The minimum Gasteiger partial charge on any atom is -0.299 e. The third kappa shape index (κ3) is 4.63. The third-order valence-corrected chi connectivity index (χ3v) is 4.78. The Morgan fingerprint density at radius 2 is 1.80 bits per heavy atom. The van der Waals surface area contributed by atoms with E-state index in [1.54, 1.807) is 0 Å². The largest absolute Gasteiger partial charge is 0.299 e. The van der Waals surface area contributed by atoms with Crippen LogP contribution in [0.1, 0.15) is 57.9 Å². The second-order valence-electron chi connectivity index (χ2n) is 6.46. The maximum Gasteiger partial charge on any atom is 0.0233 e. The van der Waals surface area contributed by atoms with Gasteiger partial charge in [0, 0.05) is 13.1 Å². The molecule has 1 aliphatic heterocycles. The van der Waals surface area contributed by atoms with Gasteiger partial charge in [0.1, 0.15) is 0 Å². The molecule has 1 aromatic carbocycles. The van der Waals surface area contributed by atoms with Crippen molar-refractivity contribution < 1.29 is 0 Å². The molecule has 0 bridgehead atoms. The second kappa shape index (κ2) is 8.46. The van der Waals surface area contributed by atoms with E-state index >= 15 is 0 Å². The van der Waals surface area contributed by atoms with Crippen molar-refractivity contribution in [2.24, 2.45) is 11.8 Å². The van der Waals surface area contributed by atoms with E-state index in [0.717, 1.165) is 18.4 Å². The summed E-state index contributed by atoms with van der Waals surface area (Å²) in [5.41, 5.74) is 1.47. The molecule has 1 aromatic rings. The van der Waals surface area contributed by atoms with Crippen LogP contribution in [-0.4, -0.2) is 18.0 Å². The molecular formula is C19H31N. The van der Waals surface area contributed by atoms with Gasteiger partial charge in [0.05, 0.1) is 0 Å². The van der Waals surface area contributed by atoms with Gasteiger partial charge < -0.3 is 0 Å². The normalized spacial score (nSPS) is 20.4. The highest BCUT2D eigenvalue weighted by Gasteiger charge is 2.26. The summed E-state index contributed by atoms with van der Waals surface area (Å²) in [6.45, 7) is 8.43. The summed E-state index contributed by atoms with van der Waals surface area (Å²) in [6, 6.07) is 11.0. The van der Waals surface area contributed by atoms with Crippen LogP contribution in [-0.2, 0) is 6.54 Å². The molecule has 0 radical (unpaired) electrons. The van der Waals surface area contributed by atoms with Gasteiger partial charge in [-0.2, -0.15) is 0 Å². The molecule has 1 nitrogen and oxygen atoms in total. The Labute approximate surface area is 125 Å². The molecule has 0 spiro atoms. The fourth-order valence-corrected chi connectivity index (χ4v) is 3.82. The smallest absolute Gasteiger partial charge is 0.0233 e. The van der Waals surface area contributed by atoms with Crippen LogP contribution in [0.3, 0.4) is 0 Å². The Balaban J connectivity index is 1.90. The summed E-state index contributed by atoms with van der Waals surface area (Å²) in [6.07, 6.45) is 8.40. The Bertz CT molecular complexity index is 353. The van der Waals surface area contributed by atoms with Gasteiger partial charge in [-0.1, -0.05) is 69.9 Å². The lowest BCUT2D eigenvalue weighted by Gasteiger charge is -2.37. The summed E-state index contributed by atoms with van der Waals surface area (Å²) < 4.78 is 0. The minimum atomic E-state index is 0.937. The predicted molar refractivity (Wildman–Crippen MR) is 87.7 cm³/mol. The summed E-state index contributed by atoms with van der Waals surface area (Å²) in [7, 11) is 0. The molecule has 0 N–H and O–H groups in total. The van der Waals surface area contributed by atoms with Crippen LogP contribution in [0.5, 0.6) is 0 Å². The molecule has 1 atom stereocenters. The van der Waals surface area contributed by atoms with Gasteiger partial charge in [0.25, 0.3) is 0 Å². The minimum absolute atomic E-state index is 0.937. The molecule has 1 heterocycles. The zero-order chi connectivity index (χ0) is 14.2. The van der Waals surface area contributed by atoms with Crippen LogP contribution in [0, 0.1) is 11.8 Å². The van der Waals surface area contributed by atoms with E-state index in [0.29, 0.717) is 0 Å². The Morgan fingerprint density at radius 1 is 1.10 bits per heavy atom. The number of rotatable bonds is 7. The van der Waals surface area contributed by atoms with Crippen LogP contribution in [0.4, 0.5) is 0 Å². The van der Waals surface area contributed by atoms with Gasteiger partial charge in [0.15, 0.2) is 0 Å². The van der Waals surface area contributed by atoms with Crippen molar-refractivity contribution in [2.45, 2.75) is 58.9 Å². The molecule has 0 amide bonds. The van der Waals surface area contributed by atoms with E-state index in [1.165, 1.54) is 57.2 Å². The topological polar surface area (TPSA) is 3.24 Å². The highest BCUT2D eigenvalue weighted by molar-refractivity contribution is 5.14. The van der Waals surface area contributed by atoms with Gasteiger partial charge in [-0.25, -0.2) is 0 Å². The van der Waals surface area contributed by atoms with Crippen molar-refractivity contribution in [1.29, 1.82) is 0 Å². The first kappa shape index (κ1) is 15.6. The standard InChI is InChI=1S/C19H31N/c1-3-9-18(10-4-2)19-13-8-14-20(16-19)15-17-11-6-5-7-12-17/h5-7,11-12,18-19H,3-4,8-10,13-16H2,1-2H3. The average molecular weight is 273 g/mol. The first-order chi connectivity index (χ1) is 9.83. The molecule has 1 saturated heterocycles. The maximum absolute atomic E-state index is 2.68. The zero-order valence-corrected chi connectivity index (χ0v) is 13.4. The van der Waals surface area contributed by atoms with Crippen molar-refractivity contribution in [2.75, 3.05) is 13.1 Å². The number of likely N-dealkylation sites (tertiary alicyclic amines) is 1. The molecule has 0 aliphatic carbocycles. The predicted octanol–water partition coefficient (Wildman–Crippen LogP) is 5.12. The summed E-state index contributed by atoms with van der Waals surface area (Å²) in [4.78, 5) is 2.68. The van der Waals surface area contributed by atoms with E-state index in [1.807, 2.05) is 0 Å². The van der Waals surface area contributed by atoms with E-state index in [4.69, 9.17) is 0 Å². The molecule has 1 unspecified atom stereocenters. The first-order valence-corrected chi connectivity index (χ1v) is 8.59. The molecule has 112 valence electrons. The summed E-state index contributed by atoms with van der Waals surface area (Å²) in [5.74, 6) is 1.90. The summed E-state index contributed by atoms with van der Waals surface area (Å²) in [5, 5.41) is 0. The van der Waals surface area contributed by atoms with Crippen molar-refractivity contribution in [3.8, 4) is 0 Å². The van der Waals surface area contributed by atoms with Crippen LogP contribution in [0.15, 0.2) is 30.3 Å². The Kier molecular flexibility index (Phi) is 6.59. The number of benzene rings is 1. The quantitative estimate of drug-likeness (QED) is 0.667. The van der Waals surface area contributed by atoms with Crippen molar-refractivity contribution in [1.82, 2.24) is 4.90 Å². The van der Waals surface area contributed by atoms with E-state index in [2.05, 4.69) is 49.1 Å².